The zero-order valence-electron chi connectivity index (χ0n) is 12.8. The van der Waals surface area contributed by atoms with Crippen LogP contribution in [-0.2, 0) is 14.4 Å². The zero-order chi connectivity index (χ0) is 16.4. The van der Waals surface area contributed by atoms with Gasteiger partial charge in [0.1, 0.15) is 0 Å². The molecular weight excluding hydrogens is 290 g/mol. The molecule has 0 aromatic carbocycles. The normalized spacial score (nSPS) is 13.4. The van der Waals surface area contributed by atoms with Gasteiger partial charge in [-0.15, -0.1) is 11.8 Å². The maximum absolute atomic E-state index is 11.9. The molecule has 0 rings (SSSR count). The molecule has 0 fully saturated rings. The number of hydrogen-bond acceptors (Lipinski definition) is 5. The third-order valence-corrected chi connectivity index (χ3v) is 4.03. The second-order valence-electron chi connectivity index (χ2n) is 4.86. The summed E-state index contributed by atoms with van der Waals surface area (Å²) in [6, 6.07) is -0.636. The third-order valence-electron chi connectivity index (χ3n) is 2.69. The maximum atomic E-state index is 11.9. The first-order chi connectivity index (χ1) is 9.83. The zero-order valence-corrected chi connectivity index (χ0v) is 13.7. The van der Waals surface area contributed by atoms with Crippen LogP contribution in [0.2, 0.25) is 0 Å². The van der Waals surface area contributed by atoms with Gasteiger partial charge in [0, 0.05) is 24.6 Å². The lowest BCUT2D eigenvalue weighted by Crippen LogP contribution is -2.39. The molecule has 0 aliphatic carbocycles. The highest BCUT2D eigenvalue weighted by atomic mass is 32.2. The fraction of sp³-hybridized carbons (Fsp3) is 0.643. The van der Waals surface area contributed by atoms with E-state index in [1.54, 1.807) is 20.8 Å². The molecule has 0 aromatic rings. The van der Waals surface area contributed by atoms with Crippen LogP contribution in [0.1, 0.15) is 27.2 Å². The van der Waals surface area contributed by atoms with Crippen LogP contribution in [-0.4, -0.2) is 41.2 Å². The Bertz CT molecular complexity index is 386. The Kier molecular flexibility index (Phi) is 9.73. The first kappa shape index (κ1) is 19.7. The summed E-state index contributed by atoms with van der Waals surface area (Å²) in [5.74, 6) is -0.428. The highest BCUT2D eigenvalue weighted by Crippen LogP contribution is 2.17. The van der Waals surface area contributed by atoms with Gasteiger partial charge in [-0.1, -0.05) is 20.4 Å². The molecule has 0 aliphatic heterocycles. The number of carbonyl (C=O) groups is 3. The molecule has 0 radical (unpaired) electrons. The SMILES string of the molecule is C=CNC(=O)C(CC(=O)NCC)SC[C@H](N)C(=O)C(C)C. The van der Waals surface area contributed by atoms with Crippen LogP contribution >= 0.6 is 11.8 Å². The number of carbonyl (C=O) groups excluding carboxylic acids is 3. The minimum absolute atomic E-state index is 0.0424. The van der Waals surface area contributed by atoms with Gasteiger partial charge in [-0.05, 0) is 13.1 Å². The Balaban J connectivity index is 4.60. The molecule has 7 heteroatoms. The van der Waals surface area contributed by atoms with E-state index < -0.39 is 11.3 Å². The Labute approximate surface area is 130 Å². The lowest BCUT2D eigenvalue weighted by molar-refractivity contribution is -0.125. The van der Waals surface area contributed by atoms with Crippen molar-refractivity contribution in [3.05, 3.63) is 12.8 Å². The van der Waals surface area contributed by atoms with Crippen molar-refractivity contribution in [3.63, 3.8) is 0 Å². The number of nitrogens with one attached hydrogen (secondary N) is 2. The van der Waals surface area contributed by atoms with Crippen molar-refractivity contribution in [3.8, 4) is 0 Å². The van der Waals surface area contributed by atoms with Crippen molar-refractivity contribution in [2.75, 3.05) is 12.3 Å². The predicted molar refractivity (Wildman–Crippen MR) is 85.7 cm³/mol. The van der Waals surface area contributed by atoms with Crippen molar-refractivity contribution in [2.24, 2.45) is 11.7 Å². The van der Waals surface area contributed by atoms with E-state index in [0.717, 1.165) is 0 Å². The largest absolute Gasteiger partial charge is 0.356 e. The van der Waals surface area contributed by atoms with Gasteiger partial charge in [0.2, 0.25) is 11.8 Å². The molecule has 4 N–H and O–H groups in total. The molecule has 2 atom stereocenters. The van der Waals surface area contributed by atoms with E-state index in [0.29, 0.717) is 12.3 Å². The summed E-state index contributed by atoms with van der Waals surface area (Å²) < 4.78 is 0. The monoisotopic (exact) mass is 315 g/mol. The number of nitrogens with two attached hydrogens (primary N) is 1. The van der Waals surface area contributed by atoms with E-state index in [-0.39, 0.29) is 29.9 Å². The minimum atomic E-state index is -0.636. The second-order valence-corrected chi connectivity index (χ2v) is 6.09. The van der Waals surface area contributed by atoms with Crippen molar-refractivity contribution in [1.29, 1.82) is 0 Å². The highest BCUT2D eigenvalue weighted by molar-refractivity contribution is 8.00. The van der Waals surface area contributed by atoms with Gasteiger partial charge in [-0.25, -0.2) is 0 Å². The molecule has 0 heterocycles. The smallest absolute Gasteiger partial charge is 0.237 e. The maximum Gasteiger partial charge on any atom is 0.237 e. The molecule has 0 spiro atoms. The average Bonchev–Trinajstić information content (AvgIpc) is 2.42. The van der Waals surface area contributed by atoms with E-state index >= 15 is 0 Å². The van der Waals surface area contributed by atoms with Gasteiger partial charge in [0.15, 0.2) is 5.78 Å². The summed E-state index contributed by atoms with van der Waals surface area (Å²) in [4.78, 5) is 35.3. The number of Topliss-reactive ketones (excluding diaryl/α,β-unsaturated/α-hetero) is 1. The summed E-state index contributed by atoms with van der Waals surface area (Å²) in [7, 11) is 0. The lowest BCUT2D eigenvalue weighted by atomic mass is 10.0. The Morgan fingerprint density at radius 3 is 2.43 bits per heavy atom. The number of hydrogen-bond donors (Lipinski definition) is 3. The summed E-state index contributed by atoms with van der Waals surface area (Å²) in [5.41, 5.74) is 5.81. The molecule has 6 nitrogen and oxygen atoms in total. The Morgan fingerprint density at radius 1 is 1.33 bits per heavy atom. The van der Waals surface area contributed by atoms with Crippen LogP contribution in [0.4, 0.5) is 0 Å². The van der Waals surface area contributed by atoms with Crippen LogP contribution in [0.15, 0.2) is 12.8 Å². The first-order valence-electron chi connectivity index (χ1n) is 6.92. The highest BCUT2D eigenvalue weighted by Gasteiger charge is 2.25. The van der Waals surface area contributed by atoms with Crippen LogP contribution in [0.25, 0.3) is 0 Å². The van der Waals surface area contributed by atoms with Crippen LogP contribution in [0.5, 0.6) is 0 Å². The quantitative estimate of drug-likeness (QED) is 0.542. The molecule has 2 amide bonds. The molecule has 1 unspecified atom stereocenters. The van der Waals surface area contributed by atoms with Gasteiger partial charge >= 0.3 is 0 Å². The van der Waals surface area contributed by atoms with Crippen LogP contribution in [0, 0.1) is 5.92 Å². The van der Waals surface area contributed by atoms with Crippen LogP contribution in [0.3, 0.4) is 0 Å². The standard InChI is InChI=1S/C14H25N3O3S/c1-5-16-12(18)7-11(14(20)17-6-2)21-8-10(15)13(19)9(3)4/h6,9-11H,2,5,7-8,15H2,1,3-4H3,(H,16,18)(H,17,20)/t10-,11?/m0/s1. The van der Waals surface area contributed by atoms with Gasteiger partial charge in [-0.3, -0.25) is 14.4 Å². The van der Waals surface area contributed by atoms with Crippen LogP contribution < -0.4 is 16.4 Å². The van der Waals surface area contributed by atoms with Crippen molar-refractivity contribution in [2.45, 2.75) is 38.5 Å². The number of rotatable bonds is 10. The topological polar surface area (TPSA) is 101 Å². The number of amides is 2. The van der Waals surface area contributed by atoms with Crippen molar-refractivity contribution < 1.29 is 14.4 Å². The fourth-order valence-electron chi connectivity index (χ4n) is 1.59. The minimum Gasteiger partial charge on any atom is -0.356 e. The van der Waals surface area contributed by atoms with E-state index in [4.69, 9.17) is 5.73 Å². The van der Waals surface area contributed by atoms with Crippen molar-refractivity contribution in [1.82, 2.24) is 10.6 Å². The Morgan fingerprint density at radius 2 is 1.95 bits per heavy atom. The number of ketones is 1. The van der Waals surface area contributed by atoms with Gasteiger partial charge in [-0.2, -0.15) is 0 Å². The average molecular weight is 315 g/mol. The van der Waals surface area contributed by atoms with E-state index in [1.165, 1.54) is 18.0 Å². The van der Waals surface area contributed by atoms with E-state index in [9.17, 15) is 14.4 Å². The molecule has 0 aliphatic rings. The first-order valence-corrected chi connectivity index (χ1v) is 7.97. The molecule has 0 saturated heterocycles. The summed E-state index contributed by atoms with van der Waals surface area (Å²) in [6.07, 6.45) is 1.31. The van der Waals surface area contributed by atoms with Gasteiger partial charge in [0.05, 0.1) is 11.3 Å². The van der Waals surface area contributed by atoms with E-state index in [1.807, 2.05) is 0 Å². The lowest BCUT2D eigenvalue weighted by Gasteiger charge is -2.18. The van der Waals surface area contributed by atoms with Gasteiger partial charge in [0.25, 0.3) is 0 Å². The fourth-order valence-corrected chi connectivity index (χ4v) is 2.68. The second kappa shape index (κ2) is 10.4. The predicted octanol–water partition coefficient (Wildman–Crippen LogP) is 0.427. The molecule has 0 saturated carbocycles. The van der Waals surface area contributed by atoms with Gasteiger partial charge < -0.3 is 16.4 Å². The van der Waals surface area contributed by atoms with Crippen molar-refractivity contribution >= 4 is 29.4 Å². The Hall–Kier alpha value is -1.34. The van der Waals surface area contributed by atoms with E-state index in [2.05, 4.69) is 17.2 Å². The summed E-state index contributed by atoms with van der Waals surface area (Å²) in [6.45, 7) is 9.30. The molecule has 0 aromatic heterocycles. The molecule has 120 valence electrons. The molecular formula is C14H25N3O3S. The molecule has 0 bridgehead atoms. The third kappa shape index (κ3) is 7.87. The summed E-state index contributed by atoms with van der Waals surface area (Å²) >= 11 is 1.21. The summed E-state index contributed by atoms with van der Waals surface area (Å²) in [5, 5.41) is 4.52. The number of thioether (sulfide) groups is 1. The molecule has 21 heavy (non-hydrogen) atoms.